The smallest absolute Gasteiger partial charge is 0.254 e. The Bertz CT molecular complexity index is 472. The highest BCUT2D eigenvalue weighted by molar-refractivity contribution is 9.10. The molecule has 1 aliphatic rings. The molecule has 1 saturated heterocycles. The van der Waals surface area contributed by atoms with Gasteiger partial charge in [-0.15, -0.1) is 0 Å². The molecule has 0 atom stereocenters. The van der Waals surface area contributed by atoms with Crippen LogP contribution in [0.5, 0.6) is 0 Å². The highest BCUT2D eigenvalue weighted by Gasteiger charge is 2.42. The van der Waals surface area contributed by atoms with E-state index in [9.17, 15) is 14.3 Å². The summed E-state index contributed by atoms with van der Waals surface area (Å²) < 4.78 is 13.7. The molecule has 98 valence electrons. The van der Waals surface area contributed by atoms with Gasteiger partial charge in [0.25, 0.3) is 5.91 Å². The SMILES string of the molecule is CCCC1(O)CN(C(=O)c2ccc(Br)c(F)c2)C1. The molecule has 1 amide bonds. The van der Waals surface area contributed by atoms with Crippen LogP contribution in [-0.2, 0) is 0 Å². The Kier molecular flexibility index (Phi) is 3.73. The van der Waals surface area contributed by atoms with E-state index in [-0.39, 0.29) is 5.91 Å². The van der Waals surface area contributed by atoms with Crippen LogP contribution in [0.3, 0.4) is 0 Å². The van der Waals surface area contributed by atoms with Crippen molar-refractivity contribution in [3.05, 3.63) is 34.1 Å². The fraction of sp³-hybridized carbons (Fsp3) is 0.462. The summed E-state index contributed by atoms with van der Waals surface area (Å²) >= 11 is 3.05. The van der Waals surface area contributed by atoms with Crippen LogP contribution in [0.2, 0.25) is 0 Å². The first-order chi connectivity index (χ1) is 8.45. The van der Waals surface area contributed by atoms with E-state index in [2.05, 4.69) is 15.9 Å². The third-order valence-corrected chi connectivity index (χ3v) is 3.78. The Labute approximate surface area is 114 Å². The van der Waals surface area contributed by atoms with Gasteiger partial charge in [-0.1, -0.05) is 13.3 Å². The summed E-state index contributed by atoms with van der Waals surface area (Å²) in [7, 11) is 0. The molecule has 1 aromatic carbocycles. The van der Waals surface area contributed by atoms with Crippen molar-refractivity contribution in [3.8, 4) is 0 Å². The van der Waals surface area contributed by atoms with Gasteiger partial charge in [-0.3, -0.25) is 4.79 Å². The summed E-state index contributed by atoms with van der Waals surface area (Å²) in [5, 5.41) is 10.00. The lowest BCUT2D eigenvalue weighted by atomic mass is 9.89. The maximum atomic E-state index is 13.3. The number of hydrogen-bond acceptors (Lipinski definition) is 2. The minimum atomic E-state index is -0.752. The summed E-state index contributed by atoms with van der Waals surface area (Å²) in [5.41, 5.74) is -0.438. The molecule has 1 N–H and O–H groups in total. The van der Waals surface area contributed by atoms with E-state index in [0.717, 1.165) is 6.42 Å². The molecule has 0 aliphatic carbocycles. The molecule has 18 heavy (non-hydrogen) atoms. The summed E-state index contributed by atoms with van der Waals surface area (Å²) in [4.78, 5) is 13.6. The van der Waals surface area contributed by atoms with Gasteiger partial charge < -0.3 is 10.0 Å². The average Bonchev–Trinajstić information content (AvgIpc) is 2.29. The van der Waals surface area contributed by atoms with Gasteiger partial charge in [-0.2, -0.15) is 0 Å². The second-order valence-electron chi connectivity index (χ2n) is 4.76. The van der Waals surface area contributed by atoms with Gasteiger partial charge in [0.1, 0.15) is 5.82 Å². The standard InChI is InChI=1S/C13H15BrFNO2/c1-2-5-13(18)7-16(8-13)12(17)9-3-4-10(14)11(15)6-9/h3-4,6,18H,2,5,7-8H2,1H3. The Hall–Kier alpha value is -0.940. The van der Waals surface area contributed by atoms with Crippen molar-refractivity contribution in [3.63, 3.8) is 0 Å². The van der Waals surface area contributed by atoms with Crippen LogP contribution in [0, 0.1) is 5.82 Å². The fourth-order valence-electron chi connectivity index (χ4n) is 2.24. The molecule has 0 aromatic heterocycles. The Morgan fingerprint density at radius 1 is 1.56 bits per heavy atom. The molecule has 0 unspecified atom stereocenters. The molecule has 1 fully saturated rings. The highest BCUT2D eigenvalue weighted by atomic mass is 79.9. The zero-order valence-corrected chi connectivity index (χ0v) is 11.7. The number of likely N-dealkylation sites (tertiary alicyclic amines) is 1. The van der Waals surface area contributed by atoms with E-state index < -0.39 is 11.4 Å². The minimum absolute atomic E-state index is 0.234. The van der Waals surface area contributed by atoms with E-state index in [0.29, 0.717) is 29.5 Å². The Morgan fingerprint density at radius 2 is 2.22 bits per heavy atom. The van der Waals surface area contributed by atoms with E-state index >= 15 is 0 Å². The summed E-state index contributed by atoms with van der Waals surface area (Å²) in [6.07, 6.45) is 1.57. The largest absolute Gasteiger partial charge is 0.386 e. The van der Waals surface area contributed by atoms with Gasteiger partial charge in [0.2, 0.25) is 0 Å². The normalized spacial score (nSPS) is 17.4. The van der Waals surface area contributed by atoms with Crippen molar-refractivity contribution in [1.29, 1.82) is 0 Å². The molecule has 1 heterocycles. The number of rotatable bonds is 3. The molecule has 1 aliphatic heterocycles. The molecular formula is C13H15BrFNO2. The molecule has 1 aromatic rings. The van der Waals surface area contributed by atoms with Crippen LogP contribution < -0.4 is 0 Å². The summed E-state index contributed by atoms with van der Waals surface area (Å²) in [5.74, 6) is -0.688. The lowest BCUT2D eigenvalue weighted by molar-refractivity contribution is -0.0860. The first-order valence-electron chi connectivity index (χ1n) is 5.92. The topological polar surface area (TPSA) is 40.5 Å². The van der Waals surface area contributed by atoms with Crippen LogP contribution >= 0.6 is 15.9 Å². The number of hydrogen-bond donors (Lipinski definition) is 1. The van der Waals surface area contributed by atoms with Crippen LogP contribution in [0.4, 0.5) is 4.39 Å². The van der Waals surface area contributed by atoms with Crippen molar-refractivity contribution in [2.75, 3.05) is 13.1 Å². The molecule has 0 bridgehead atoms. The third kappa shape index (κ3) is 2.57. The molecule has 0 spiro atoms. The van der Waals surface area contributed by atoms with E-state index in [4.69, 9.17) is 0 Å². The molecular weight excluding hydrogens is 301 g/mol. The predicted octanol–water partition coefficient (Wildman–Crippen LogP) is 2.58. The van der Waals surface area contributed by atoms with Crippen molar-refractivity contribution < 1.29 is 14.3 Å². The van der Waals surface area contributed by atoms with Crippen molar-refractivity contribution in [2.45, 2.75) is 25.4 Å². The third-order valence-electron chi connectivity index (χ3n) is 3.14. The lowest BCUT2D eigenvalue weighted by Gasteiger charge is -2.46. The quantitative estimate of drug-likeness (QED) is 0.931. The predicted molar refractivity (Wildman–Crippen MR) is 69.9 cm³/mol. The van der Waals surface area contributed by atoms with Gasteiger partial charge in [0.15, 0.2) is 0 Å². The van der Waals surface area contributed by atoms with Gasteiger partial charge in [0.05, 0.1) is 23.2 Å². The number of halogens is 2. The second-order valence-corrected chi connectivity index (χ2v) is 5.62. The molecule has 0 radical (unpaired) electrons. The van der Waals surface area contributed by atoms with E-state index in [1.807, 2.05) is 6.92 Å². The maximum Gasteiger partial charge on any atom is 0.254 e. The maximum absolute atomic E-state index is 13.3. The Morgan fingerprint density at radius 3 is 2.78 bits per heavy atom. The number of aliphatic hydroxyl groups is 1. The lowest BCUT2D eigenvalue weighted by Crippen LogP contribution is -2.63. The highest BCUT2D eigenvalue weighted by Crippen LogP contribution is 2.27. The Balaban J connectivity index is 2.03. The van der Waals surface area contributed by atoms with Crippen LogP contribution in [0.15, 0.2) is 22.7 Å². The first kappa shape index (κ1) is 13.5. The van der Waals surface area contributed by atoms with Crippen molar-refractivity contribution in [2.24, 2.45) is 0 Å². The fourth-order valence-corrected chi connectivity index (χ4v) is 2.49. The van der Waals surface area contributed by atoms with E-state index in [1.165, 1.54) is 12.1 Å². The summed E-state index contributed by atoms with van der Waals surface area (Å²) in [6.45, 7) is 2.65. The number of amides is 1. The van der Waals surface area contributed by atoms with Crippen molar-refractivity contribution >= 4 is 21.8 Å². The molecule has 3 nitrogen and oxygen atoms in total. The van der Waals surface area contributed by atoms with E-state index in [1.54, 1.807) is 11.0 Å². The summed E-state index contributed by atoms with van der Waals surface area (Å²) in [6, 6.07) is 4.30. The number of β-amino-alcohol motifs (C(OH)–C–C–N with tert-alkyl or cyclic N) is 1. The monoisotopic (exact) mass is 315 g/mol. The van der Waals surface area contributed by atoms with Crippen LogP contribution in [0.1, 0.15) is 30.1 Å². The van der Waals surface area contributed by atoms with Crippen LogP contribution in [0.25, 0.3) is 0 Å². The van der Waals surface area contributed by atoms with Gasteiger partial charge in [0, 0.05) is 5.56 Å². The van der Waals surface area contributed by atoms with Gasteiger partial charge >= 0.3 is 0 Å². The minimum Gasteiger partial charge on any atom is -0.386 e. The van der Waals surface area contributed by atoms with Gasteiger partial charge in [-0.05, 0) is 40.5 Å². The average molecular weight is 316 g/mol. The molecule has 5 heteroatoms. The molecule has 0 saturated carbocycles. The second kappa shape index (κ2) is 4.97. The number of nitrogens with zero attached hydrogens (tertiary/aromatic N) is 1. The van der Waals surface area contributed by atoms with Gasteiger partial charge in [-0.25, -0.2) is 4.39 Å². The number of carbonyl (C=O) groups excluding carboxylic acids is 1. The zero-order chi connectivity index (χ0) is 13.3. The number of benzene rings is 1. The van der Waals surface area contributed by atoms with Crippen molar-refractivity contribution in [1.82, 2.24) is 4.90 Å². The first-order valence-corrected chi connectivity index (χ1v) is 6.71. The van der Waals surface area contributed by atoms with Crippen LogP contribution in [-0.4, -0.2) is 34.6 Å². The zero-order valence-electron chi connectivity index (χ0n) is 10.1. The number of carbonyl (C=O) groups is 1. The molecule has 2 rings (SSSR count).